The molecule has 0 fully saturated rings. The predicted octanol–water partition coefficient (Wildman–Crippen LogP) is 11.0. The van der Waals surface area contributed by atoms with Gasteiger partial charge in [-0.15, -0.1) is 6.42 Å². The van der Waals surface area contributed by atoms with Crippen molar-refractivity contribution in [1.82, 2.24) is 9.13 Å². The molecule has 2 aromatic heterocycles. The number of terminal acetylenes is 1. The highest BCUT2D eigenvalue weighted by Gasteiger charge is 2.23. The Morgan fingerprint density at radius 3 is 2.04 bits per heavy atom. The molecule has 8 rings (SSSR count). The van der Waals surface area contributed by atoms with E-state index >= 15 is 0 Å². The Bertz CT molecular complexity index is 2720. The van der Waals surface area contributed by atoms with Crippen LogP contribution in [0.3, 0.4) is 0 Å². The molecule has 0 bridgehead atoms. The van der Waals surface area contributed by atoms with Crippen LogP contribution in [0.1, 0.15) is 30.0 Å². The third-order valence-corrected chi connectivity index (χ3v) is 9.82. The second kappa shape index (κ2) is 12.3. The molecule has 0 saturated heterocycles. The van der Waals surface area contributed by atoms with Crippen LogP contribution < -0.4 is 0 Å². The first-order chi connectivity index (χ1) is 24.5. The van der Waals surface area contributed by atoms with Crippen LogP contribution in [0.5, 0.6) is 0 Å². The molecule has 2 heterocycles. The monoisotopic (exact) mass is 640 g/mol. The van der Waals surface area contributed by atoms with Gasteiger partial charge in [0.15, 0.2) is 0 Å². The minimum Gasteiger partial charge on any atom is -0.309 e. The van der Waals surface area contributed by atoms with E-state index in [1.807, 2.05) is 36.4 Å². The summed E-state index contributed by atoms with van der Waals surface area (Å²) in [5.41, 5.74) is 11.9. The fourth-order valence-corrected chi connectivity index (χ4v) is 7.32. The first kappa shape index (κ1) is 30.5. The average molecular weight is 641 g/mol. The average Bonchev–Trinajstić information content (AvgIpc) is 3.66. The lowest BCUT2D eigenvalue weighted by molar-refractivity contribution is 0.804. The highest BCUT2D eigenvalue weighted by atomic mass is 15.0. The molecule has 0 spiro atoms. The van der Waals surface area contributed by atoms with E-state index in [0.29, 0.717) is 12.0 Å². The molecule has 0 radical (unpaired) electrons. The van der Waals surface area contributed by atoms with Gasteiger partial charge in [-0.3, -0.25) is 0 Å². The molecule has 0 saturated carbocycles. The third kappa shape index (κ3) is 5.02. The predicted molar refractivity (Wildman–Crippen MR) is 206 cm³/mol. The van der Waals surface area contributed by atoms with Crippen molar-refractivity contribution >= 4 is 54.9 Å². The van der Waals surface area contributed by atoms with Crippen molar-refractivity contribution in [2.24, 2.45) is 5.92 Å². The summed E-state index contributed by atoms with van der Waals surface area (Å²) < 4.78 is 4.52. The van der Waals surface area contributed by atoms with E-state index in [-0.39, 0.29) is 5.92 Å². The van der Waals surface area contributed by atoms with Gasteiger partial charge < -0.3 is 9.13 Å². The van der Waals surface area contributed by atoms with Crippen LogP contribution in [0.15, 0.2) is 145 Å². The number of fused-ring (bicyclic) bond motifs is 6. The van der Waals surface area contributed by atoms with E-state index in [9.17, 15) is 10.5 Å². The number of para-hydroxylation sites is 2. The van der Waals surface area contributed by atoms with Gasteiger partial charge in [0.05, 0.1) is 51.4 Å². The Kier molecular flexibility index (Phi) is 7.53. The van der Waals surface area contributed by atoms with E-state index in [0.717, 1.165) is 61.0 Å². The number of aromatic nitrogens is 2. The van der Waals surface area contributed by atoms with E-state index in [1.54, 1.807) is 0 Å². The van der Waals surface area contributed by atoms with Crippen LogP contribution in [0.2, 0.25) is 0 Å². The Morgan fingerprint density at radius 1 is 0.740 bits per heavy atom. The SMILES string of the molecule is C#C/C(=C\C=C(/C)c1ccc(-n2c3ccccc3c3ccccc32)cc1)C1=C(n2c3cc(C)ccc3c3ccc(C#N)cc32)C=CC(C#N)C1. The number of hydrogen-bond donors (Lipinski definition) is 0. The Balaban J connectivity index is 1.22. The van der Waals surface area contributed by atoms with Crippen molar-refractivity contribution in [3.8, 4) is 30.2 Å². The number of nitrogens with zero attached hydrogens (tertiary/aromatic N) is 4. The Labute approximate surface area is 291 Å². The van der Waals surface area contributed by atoms with Gasteiger partial charge >= 0.3 is 0 Å². The van der Waals surface area contributed by atoms with Crippen molar-refractivity contribution in [1.29, 1.82) is 10.5 Å². The van der Waals surface area contributed by atoms with Gasteiger partial charge in [0, 0.05) is 32.8 Å². The summed E-state index contributed by atoms with van der Waals surface area (Å²) in [6, 6.07) is 42.6. The van der Waals surface area contributed by atoms with Gasteiger partial charge in [0.25, 0.3) is 0 Å². The van der Waals surface area contributed by atoms with Gasteiger partial charge in [-0.05, 0) is 97.2 Å². The summed E-state index contributed by atoms with van der Waals surface area (Å²) in [4.78, 5) is 0. The Hall–Kier alpha value is -6.80. The van der Waals surface area contributed by atoms with Crippen molar-refractivity contribution < 1.29 is 0 Å². The molecule has 236 valence electrons. The number of rotatable bonds is 5. The molecule has 1 unspecified atom stereocenters. The quantitative estimate of drug-likeness (QED) is 0.139. The molecule has 4 nitrogen and oxygen atoms in total. The lowest BCUT2D eigenvalue weighted by Gasteiger charge is -2.21. The van der Waals surface area contributed by atoms with E-state index in [2.05, 4.69) is 138 Å². The fourth-order valence-electron chi connectivity index (χ4n) is 7.32. The summed E-state index contributed by atoms with van der Waals surface area (Å²) >= 11 is 0. The molecule has 7 aromatic rings. The Morgan fingerprint density at radius 2 is 1.38 bits per heavy atom. The largest absolute Gasteiger partial charge is 0.309 e. The first-order valence-corrected chi connectivity index (χ1v) is 16.7. The van der Waals surface area contributed by atoms with E-state index in [4.69, 9.17) is 6.42 Å². The van der Waals surface area contributed by atoms with Crippen LogP contribution in [0.4, 0.5) is 0 Å². The zero-order valence-corrected chi connectivity index (χ0v) is 27.9. The van der Waals surface area contributed by atoms with E-state index in [1.165, 1.54) is 21.8 Å². The number of aryl methyl sites for hydroxylation is 1. The number of benzene rings is 5. The summed E-state index contributed by atoms with van der Waals surface area (Å²) in [6.07, 6.45) is 14.8. The van der Waals surface area contributed by atoms with Crippen molar-refractivity contribution in [3.05, 3.63) is 161 Å². The van der Waals surface area contributed by atoms with Crippen LogP contribution in [0, 0.1) is 47.8 Å². The van der Waals surface area contributed by atoms with Gasteiger partial charge in [0.2, 0.25) is 0 Å². The molecular formula is C46H32N4. The van der Waals surface area contributed by atoms with Crippen LogP contribution in [-0.4, -0.2) is 9.13 Å². The topological polar surface area (TPSA) is 57.4 Å². The first-order valence-electron chi connectivity index (χ1n) is 16.7. The maximum absolute atomic E-state index is 9.95. The lowest BCUT2D eigenvalue weighted by atomic mass is 9.88. The standard InChI is InChI=1S/C46H32N4/c1-4-34(17-14-31(3)35-18-20-36(21-19-35)49-42-11-7-5-9-37(42)38-10-6-8-12-43(38)49)41-26-32(28-47)16-24-44(41)50-45-25-30(2)13-22-39(45)40-23-15-33(29-48)27-46(40)50/h1,5-25,27,32H,26H2,2-3H3/b31-14+,34-17+. The summed E-state index contributed by atoms with van der Waals surface area (Å²) in [7, 11) is 0. The zero-order chi connectivity index (χ0) is 34.4. The second-order valence-electron chi connectivity index (χ2n) is 12.9. The number of hydrogen-bond acceptors (Lipinski definition) is 2. The normalized spacial score (nSPS) is 15.1. The van der Waals surface area contributed by atoms with Gasteiger partial charge in [-0.25, -0.2) is 0 Å². The molecule has 1 aliphatic rings. The van der Waals surface area contributed by atoms with Crippen LogP contribution in [-0.2, 0) is 0 Å². The maximum atomic E-state index is 9.95. The van der Waals surface area contributed by atoms with Crippen LogP contribution >= 0.6 is 0 Å². The fraction of sp³-hybridized carbons (Fsp3) is 0.0870. The molecule has 50 heavy (non-hydrogen) atoms. The zero-order valence-electron chi connectivity index (χ0n) is 27.9. The minimum absolute atomic E-state index is 0.298. The van der Waals surface area contributed by atoms with Crippen molar-refractivity contribution in [2.45, 2.75) is 20.3 Å². The van der Waals surface area contributed by atoms with Gasteiger partial charge in [-0.2, -0.15) is 10.5 Å². The van der Waals surface area contributed by atoms with Crippen molar-refractivity contribution in [3.63, 3.8) is 0 Å². The van der Waals surface area contributed by atoms with Gasteiger partial charge in [0.1, 0.15) is 0 Å². The molecule has 0 N–H and O–H groups in total. The molecule has 5 aromatic carbocycles. The maximum Gasteiger partial charge on any atom is 0.0992 e. The van der Waals surface area contributed by atoms with E-state index < -0.39 is 0 Å². The van der Waals surface area contributed by atoms with Crippen LogP contribution in [0.25, 0.3) is 60.6 Å². The molecule has 4 heteroatoms. The van der Waals surface area contributed by atoms with Gasteiger partial charge in [-0.1, -0.05) is 84.8 Å². The number of nitriles is 2. The summed E-state index contributed by atoms with van der Waals surface area (Å²) in [5, 5.41) is 24.4. The highest BCUT2D eigenvalue weighted by molar-refractivity contribution is 6.11. The summed E-state index contributed by atoms with van der Waals surface area (Å²) in [6.45, 7) is 4.17. The second-order valence-corrected chi connectivity index (χ2v) is 12.9. The summed E-state index contributed by atoms with van der Waals surface area (Å²) in [5.74, 6) is 2.66. The molecule has 0 amide bonds. The molecule has 1 atom stereocenters. The van der Waals surface area contributed by atoms with Crippen molar-refractivity contribution in [2.75, 3.05) is 0 Å². The minimum atomic E-state index is -0.298. The number of allylic oxidation sites excluding steroid dienone is 8. The molecule has 0 aliphatic heterocycles. The highest BCUT2D eigenvalue weighted by Crippen LogP contribution is 2.39. The lowest BCUT2D eigenvalue weighted by Crippen LogP contribution is -2.09. The smallest absolute Gasteiger partial charge is 0.0992 e. The third-order valence-electron chi connectivity index (χ3n) is 9.82. The molecular weight excluding hydrogens is 609 g/mol. The molecule has 1 aliphatic carbocycles.